The Labute approximate surface area is 129 Å². The smallest absolute Gasteiger partial charge is 0.311 e. The lowest BCUT2D eigenvalue weighted by Crippen LogP contribution is -2.13. The van der Waals surface area contributed by atoms with Crippen molar-refractivity contribution in [2.75, 3.05) is 0 Å². The number of carbonyl (C=O) groups is 2. The third-order valence-electron chi connectivity index (χ3n) is 2.80. The number of ether oxygens (including phenoxy) is 2. The average Bonchev–Trinajstić information content (AvgIpc) is 2.43. The Balaban J connectivity index is 3.12. The number of benzene rings is 1. The maximum Gasteiger partial charge on any atom is 0.311 e. The summed E-state index contributed by atoms with van der Waals surface area (Å²) >= 11 is 0. The third kappa shape index (κ3) is 5.31. The van der Waals surface area contributed by atoms with Crippen molar-refractivity contribution in [3.63, 3.8) is 0 Å². The Morgan fingerprint density at radius 1 is 1.14 bits per heavy atom. The number of esters is 2. The lowest BCUT2D eigenvalue weighted by Gasteiger charge is -2.12. The molecule has 0 N–H and O–H groups in total. The molecule has 0 fully saturated rings. The Bertz CT molecular complexity index is 552. The van der Waals surface area contributed by atoms with Crippen LogP contribution in [0.15, 0.2) is 24.8 Å². The normalized spacial score (nSPS) is 10.1. The molecule has 0 unspecified atom stereocenters. The Morgan fingerprint density at radius 2 is 1.73 bits per heavy atom. The zero-order valence-corrected chi connectivity index (χ0v) is 13.0. The third-order valence-corrected chi connectivity index (χ3v) is 2.80. The molecule has 120 valence electrons. The van der Waals surface area contributed by atoms with Crippen molar-refractivity contribution in [1.29, 1.82) is 0 Å². The van der Waals surface area contributed by atoms with E-state index in [-0.39, 0.29) is 24.3 Å². The van der Waals surface area contributed by atoms with E-state index in [9.17, 15) is 14.0 Å². The van der Waals surface area contributed by atoms with Gasteiger partial charge in [0, 0.05) is 12.8 Å². The van der Waals surface area contributed by atoms with Gasteiger partial charge in [0.05, 0.1) is 0 Å². The topological polar surface area (TPSA) is 52.6 Å². The fourth-order valence-corrected chi connectivity index (χ4v) is 1.83. The Hall–Kier alpha value is -2.17. The molecule has 0 heterocycles. The van der Waals surface area contributed by atoms with Crippen LogP contribution in [-0.4, -0.2) is 11.9 Å². The van der Waals surface area contributed by atoms with Crippen LogP contribution in [-0.2, 0) is 16.0 Å². The minimum Gasteiger partial charge on any atom is -0.422 e. The molecule has 0 saturated heterocycles. The predicted octanol–water partition coefficient (Wildman–Crippen LogP) is 3.97. The number of halogens is 1. The summed E-state index contributed by atoms with van der Waals surface area (Å²) in [4.78, 5) is 23.2. The van der Waals surface area contributed by atoms with Gasteiger partial charge >= 0.3 is 11.9 Å². The molecule has 4 nitrogen and oxygen atoms in total. The molecule has 0 atom stereocenters. The number of hydrogen-bond acceptors (Lipinski definition) is 4. The molecule has 0 radical (unpaired) electrons. The van der Waals surface area contributed by atoms with E-state index < -0.39 is 17.8 Å². The molecule has 1 aromatic rings. The summed E-state index contributed by atoms with van der Waals surface area (Å²) in [6, 6.07) is 2.74. The first kappa shape index (κ1) is 17.9. The zero-order chi connectivity index (χ0) is 16.5. The highest BCUT2D eigenvalue weighted by Gasteiger charge is 2.19. The van der Waals surface area contributed by atoms with Crippen LogP contribution >= 0.6 is 0 Å². The van der Waals surface area contributed by atoms with E-state index in [4.69, 9.17) is 9.47 Å². The summed E-state index contributed by atoms with van der Waals surface area (Å²) in [6.07, 6.45) is 3.58. The van der Waals surface area contributed by atoms with Gasteiger partial charge in [0.2, 0.25) is 5.75 Å². The Morgan fingerprint density at radius 3 is 2.27 bits per heavy atom. The minimum atomic E-state index is -0.733. The summed E-state index contributed by atoms with van der Waals surface area (Å²) in [5.41, 5.74) is 0.585. The van der Waals surface area contributed by atoms with Crippen molar-refractivity contribution in [2.45, 2.75) is 46.0 Å². The van der Waals surface area contributed by atoms with E-state index in [0.29, 0.717) is 24.8 Å². The van der Waals surface area contributed by atoms with Crippen LogP contribution in [0.5, 0.6) is 11.5 Å². The highest BCUT2D eigenvalue weighted by Crippen LogP contribution is 2.33. The fourth-order valence-electron chi connectivity index (χ4n) is 1.83. The summed E-state index contributed by atoms with van der Waals surface area (Å²) < 4.78 is 24.3. The van der Waals surface area contributed by atoms with Crippen LogP contribution in [0.2, 0.25) is 0 Å². The van der Waals surface area contributed by atoms with E-state index in [2.05, 4.69) is 6.58 Å². The van der Waals surface area contributed by atoms with Crippen molar-refractivity contribution >= 4 is 11.9 Å². The maximum absolute atomic E-state index is 14.2. The second-order valence-corrected chi connectivity index (χ2v) is 4.85. The molecule has 0 aliphatic rings. The summed E-state index contributed by atoms with van der Waals surface area (Å²) in [5.74, 6) is -2.20. The summed E-state index contributed by atoms with van der Waals surface area (Å²) in [5, 5.41) is 0. The second kappa shape index (κ2) is 8.97. The molecule has 5 heteroatoms. The predicted molar refractivity (Wildman–Crippen MR) is 81.4 cm³/mol. The monoisotopic (exact) mass is 308 g/mol. The molecule has 22 heavy (non-hydrogen) atoms. The quantitative estimate of drug-likeness (QED) is 0.414. The molecule has 0 bridgehead atoms. The first-order chi connectivity index (χ1) is 10.5. The van der Waals surface area contributed by atoms with Crippen molar-refractivity contribution < 1.29 is 23.5 Å². The van der Waals surface area contributed by atoms with Crippen LogP contribution in [0.1, 0.15) is 45.1 Å². The molecule has 0 aromatic heterocycles. The largest absolute Gasteiger partial charge is 0.422 e. The average molecular weight is 308 g/mol. The van der Waals surface area contributed by atoms with Gasteiger partial charge in [-0.05, 0) is 37.0 Å². The molecule has 1 aromatic carbocycles. The molecule has 0 saturated carbocycles. The van der Waals surface area contributed by atoms with Gasteiger partial charge in [-0.25, -0.2) is 4.39 Å². The van der Waals surface area contributed by atoms with Gasteiger partial charge in [-0.2, -0.15) is 0 Å². The summed E-state index contributed by atoms with van der Waals surface area (Å²) in [6.45, 7) is 7.23. The van der Waals surface area contributed by atoms with Gasteiger partial charge in [-0.3, -0.25) is 9.59 Å². The van der Waals surface area contributed by atoms with E-state index >= 15 is 0 Å². The fraction of sp³-hybridized carbons (Fsp3) is 0.412. The number of rotatable bonds is 8. The molecular formula is C17H21FO4. The van der Waals surface area contributed by atoms with E-state index in [1.807, 2.05) is 13.8 Å². The van der Waals surface area contributed by atoms with Crippen molar-refractivity contribution in [2.24, 2.45) is 0 Å². The summed E-state index contributed by atoms with van der Waals surface area (Å²) in [7, 11) is 0. The van der Waals surface area contributed by atoms with Crippen LogP contribution in [0.25, 0.3) is 0 Å². The van der Waals surface area contributed by atoms with Gasteiger partial charge in [-0.1, -0.05) is 19.9 Å². The van der Waals surface area contributed by atoms with Gasteiger partial charge in [-0.15, -0.1) is 6.58 Å². The second-order valence-electron chi connectivity index (χ2n) is 4.85. The van der Waals surface area contributed by atoms with Crippen molar-refractivity contribution in [3.8, 4) is 11.5 Å². The lowest BCUT2D eigenvalue weighted by atomic mass is 10.1. The maximum atomic E-state index is 14.2. The number of allylic oxidation sites excluding steroid dienone is 1. The first-order valence-electron chi connectivity index (χ1n) is 7.36. The van der Waals surface area contributed by atoms with Crippen molar-refractivity contribution in [3.05, 3.63) is 36.2 Å². The highest BCUT2D eigenvalue weighted by atomic mass is 19.1. The first-order valence-corrected chi connectivity index (χ1v) is 7.36. The molecular weight excluding hydrogens is 287 g/mol. The van der Waals surface area contributed by atoms with Crippen molar-refractivity contribution in [1.82, 2.24) is 0 Å². The van der Waals surface area contributed by atoms with Gasteiger partial charge in [0.25, 0.3) is 0 Å². The molecule has 0 amide bonds. The van der Waals surface area contributed by atoms with Crippen LogP contribution in [0, 0.1) is 5.82 Å². The van der Waals surface area contributed by atoms with Gasteiger partial charge in [0.1, 0.15) is 0 Å². The van der Waals surface area contributed by atoms with Gasteiger partial charge in [0.15, 0.2) is 11.6 Å². The van der Waals surface area contributed by atoms with Crippen LogP contribution < -0.4 is 9.47 Å². The number of carbonyl (C=O) groups excluding carboxylic acids is 2. The van der Waals surface area contributed by atoms with Crippen LogP contribution in [0.4, 0.5) is 4.39 Å². The number of hydrogen-bond donors (Lipinski definition) is 0. The van der Waals surface area contributed by atoms with E-state index in [1.54, 1.807) is 6.08 Å². The van der Waals surface area contributed by atoms with Crippen LogP contribution in [0.3, 0.4) is 0 Å². The Kier molecular flexibility index (Phi) is 7.29. The SMILES string of the molecule is C=CCc1cc(F)c(OC(=O)CCC)c(OC(=O)CCC)c1. The molecule has 1 rings (SSSR count). The lowest BCUT2D eigenvalue weighted by molar-refractivity contribution is -0.137. The van der Waals surface area contributed by atoms with E-state index in [1.165, 1.54) is 12.1 Å². The van der Waals surface area contributed by atoms with E-state index in [0.717, 1.165) is 0 Å². The standard InChI is InChI=1S/C17H21FO4/c1-4-7-12-10-13(18)17(22-16(20)9-6-3)14(11-12)21-15(19)8-5-2/h4,10-11H,1,5-9H2,2-3H3. The highest BCUT2D eigenvalue weighted by molar-refractivity contribution is 5.76. The molecule has 0 spiro atoms. The molecule has 0 aliphatic heterocycles. The zero-order valence-electron chi connectivity index (χ0n) is 13.0. The molecule has 0 aliphatic carbocycles. The minimum absolute atomic E-state index is 0.0697. The van der Waals surface area contributed by atoms with Gasteiger partial charge < -0.3 is 9.47 Å².